The summed E-state index contributed by atoms with van der Waals surface area (Å²) in [5.74, 6) is 0.894. The van der Waals surface area contributed by atoms with Crippen LogP contribution in [0.1, 0.15) is 27.7 Å². The number of hydrogen-bond acceptors (Lipinski definition) is 2. The first-order valence-corrected chi connectivity index (χ1v) is 4.56. The highest BCUT2D eigenvalue weighted by atomic mass is 16.3. The summed E-state index contributed by atoms with van der Waals surface area (Å²) in [6, 6.07) is 0. The number of nitrogens with one attached hydrogen (secondary N) is 1. The average Bonchev–Trinajstić information content (AvgIpc) is 2.00. The number of aliphatic imine (C=N–C) groups is 1. The monoisotopic (exact) mass is 187 g/mol. The van der Waals surface area contributed by atoms with E-state index in [-0.39, 0.29) is 6.61 Å². The minimum atomic E-state index is -0.398. The Bertz CT molecular complexity index is 176. The van der Waals surface area contributed by atoms with Gasteiger partial charge >= 0.3 is 0 Å². The summed E-state index contributed by atoms with van der Waals surface area (Å²) >= 11 is 0. The van der Waals surface area contributed by atoms with E-state index in [1.165, 1.54) is 0 Å². The van der Waals surface area contributed by atoms with Gasteiger partial charge in [-0.3, -0.25) is 4.99 Å². The highest BCUT2D eigenvalue weighted by molar-refractivity contribution is 5.78. The molecule has 0 atom stereocenters. The Morgan fingerprint density at radius 3 is 2.46 bits per heavy atom. The Kier molecular flexibility index (Phi) is 4.77. The second-order valence-electron chi connectivity index (χ2n) is 4.29. The van der Waals surface area contributed by atoms with E-state index in [2.05, 4.69) is 24.2 Å². The molecule has 4 N–H and O–H groups in total. The van der Waals surface area contributed by atoms with E-state index in [0.717, 1.165) is 0 Å². The van der Waals surface area contributed by atoms with Gasteiger partial charge in [-0.1, -0.05) is 13.8 Å². The van der Waals surface area contributed by atoms with E-state index in [4.69, 9.17) is 10.8 Å². The second-order valence-corrected chi connectivity index (χ2v) is 4.29. The van der Waals surface area contributed by atoms with Crippen molar-refractivity contribution in [1.29, 1.82) is 0 Å². The van der Waals surface area contributed by atoms with Gasteiger partial charge in [0, 0.05) is 6.54 Å². The van der Waals surface area contributed by atoms with E-state index < -0.39 is 5.54 Å². The molecule has 0 aliphatic rings. The number of guanidine groups is 1. The Morgan fingerprint density at radius 2 is 2.08 bits per heavy atom. The van der Waals surface area contributed by atoms with Crippen molar-refractivity contribution in [2.24, 2.45) is 16.6 Å². The zero-order chi connectivity index (χ0) is 10.5. The Balaban J connectivity index is 3.98. The third-order valence-corrected chi connectivity index (χ3v) is 1.49. The summed E-state index contributed by atoms with van der Waals surface area (Å²) in [7, 11) is 0. The molecular weight excluding hydrogens is 166 g/mol. The van der Waals surface area contributed by atoms with Crippen LogP contribution < -0.4 is 11.1 Å². The molecule has 0 aromatic carbocycles. The fourth-order valence-electron chi connectivity index (χ4n) is 0.707. The molecule has 0 saturated heterocycles. The Labute approximate surface area is 80.2 Å². The molecule has 0 radical (unpaired) electrons. The molecule has 0 heterocycles. The molecule has 0 bridgehead atoms. The van der Waals surface area contributed by atoms with Crippen LogP contribution in [0.5, 0.6) is 0 Å². The van der Waals surface area contributed by atoms with Crippen molar-refractivity contribution in [2.75, 3.05) is 13.2 Å². The van der Waals surface area contributed by atoms with E-state index in [1.54, 1.807) is 0 Å². The zero-order valence-electron chi connectivity index (χ0n) is 8.96. The molecular formula is C9H21N3O. The van der Waals surface area contributed by atoms with Gasteiger partial charge in [0.15, 0.2) is 5.96 Å². The van der Waals surface area contributed by atoms with Gasteiger partial charge in [-0.15, -0.1) is 0 Å². The molecule has 0 aromatic heterocycles. The van der Waals surface area contributed by atoms with Crippen molar-refractivity contribution >= 4 is 5.96 Å². The number of aliphatic hydroxyl groups is 1. The number of hydrogen-bond donors (Lipinski definition) is 3. The highest BCUT2D eigenvalue weighted by Gasteiger charge is 2.15. The van der Waals surface area contributed by atoms with E-state index >= 15 is 0 Å². The van der Waals surface area contributed by atoms with Crippen LogP contribution in [0.15, 0.2) is 4.99 Å². The van der Waals surface area contributed by atoms with Gasteiger partial charge < -0.3 is 16.2 Å². The SMILES string of the molecule is CC(C)CN=C(N)NC(C)(C)CO. The maximum absolute atomic E-state index is 8.95. The van der Waals surface area contributed by atoms with E-state index in [0.29, 0.717) is 18.4 Å². The number of aliphatic hydroxyl groups excluding tert-OH is 1. The standard InChI is InChI=1S/C9H21N3O/c1-7(2)5-11-8(10)12-9(3,4)6-13/h7,13H,5-6H2,1-4H3,(H3,10,11,12). The van der Waals surface area contributed by atoms with Crippen LogP contribution in [0.3, 0.4) is 0 Å². The first kappa shape index (κ1) is 12.2. The van der Waals surface area contributed by atoms with Gasteiger partial charge in [0.25, 0.3) is 0 Å². The molecule has 4 nitrogen and oxygen atoms in total. The van der Waals surface area contributed by atoms with Crippen molar-refractivity contribution in [3.05, 3.63) is 0 Å². The molecule has 0 spiro atoms. The van der Waals surface area contributed by atoms with Crippen molar-refractivity contribution in [2.45, 2.75) is 33.2 Å². The van der Waals surface area contributed by atoms with Crippen molar-refractivity contribution in [1.82, 2.24) is 5.32 Å². The molecule has 78 valence electrons. The molecule has 0 aliphatic heterocycles. The number of nitrogens with two attached hydrogens (primary N) is 1. The highest BCUT2D eigenvalue weighted by Crippen LogP contribution is 1.98. The van der Waals surface area contributed by atoms with Gasteiger partial charge in [0.05, 0.1) is 12.1 Å². The molecule has 0 unspecified atom stereocenters. The van der Waals surface area contributed by atoms with Crippen LogP contribution in [-0.2, 0) is 0 Å². The lowest BCUT2D eigenvalue weighted by Gasteiger charge is -2.24. The van der Waals surface area contributed by atoms with E-state index in [9.17, 15) is 0 Å². The Hall–Kier alpha value is -0.770. The molecule has 0 rings (SSSR count). The predicted octanol–water partition coefficient (Wildman–Crippen LogP) is 0.318. The van der Waals surface area contributed by atoms with Crippen LogP contribution in [0, 0.1) is 5.92 Å². The van der Waals surface area contributed by atoms with Crippen LogP contribution in [-0.4, -0.2) is 29.8 Å². The number of rotatable bonds is 4. The molecule has 0 aliphatic carbocycles. The van der Waals surface area contributed by atoms with Crippen molar-refractivity contribution < 1.29 is 5.11 Å². The van der Waals surface area contributed by atoms with Gasteiger partial charge in [-0.2, -0.15) is 0 Å². The minimum Gasteiger partial charge on any atom is -0.394 e. The zero-order valence-corrected chi connectivity index (χ0v) is 8.96. The smallest absolute Gasteiger partial charge is 0.189 e. The number of nitrogens with zero attached hydrogens (tertiary/aromatic N) is 1. The average molecular weight is 187 g/mol. The lowest BCUT2D eigenvalue weighted by Crippen LogP contribution is -2.49. The lowest BCUT2D eigenvalue weighted by atomic mass is 10.1. The largest absolute Gasteiger partial charge is 0.394 e. The minimum absolute atomic E-state index is 0.0326. The van der Waals surface area contributed by atoms with Gasteiger partial charge in [-0.05, 0) is 19.8 Å². The molecule has 4 heteroatoms. The fraction of sp³-hybridized carbons (Fsp3) is 0.889. The van der Waals surface area contributed by atoms with Crippen molar-refractivity contribution in [3.63, 3.8) is 0 Å². The topological polar surface area (TPSA) is 70.6 Å². The third-order valence-electron chi connectivity index (χ3n) is 1.49. The normalized spacial score (nSPS) is 13.5. The quantitative estimate of drug-likeness (QED) is 0.438. The lowest BCUT2D eigenvalue weighted by molar-refractivity contribution is 0.206. The summed E-state index contributed by atoms with van der Waals surface area (Å²) in [6.07, 6.45) is 0. The summed E-state index contributed by atoms with van der Waals surface area (Å²) < 4.78 is 0. The van der Waals surface area contributed by atoms with Crippen LogP contribution in [0.2, 0.25) is 0 Å². The van der Waals surface area contributed by atoms with Gasteiger partial charge in [-0.25, -0.2) is 0 Å². The van der Waals surface area contributed by atoms with Gasteiger partial charge in [0.2, 0.25) is 0 Å². The fourth-order valence-corrected chi connectivity index (χ4v) is 0.707. The summed E-state index contributed by atoms with van der Waals surface area (Å²) in [5, 5.41) is 11.9. The summed E-state index contributed by atoms with van der Waals surface area (Å²) in [4.78, 5) is 4.13. The van der Waals surface area contributed by atoms with Crippen LogP contribution in [0.4, 0.5) is 0 Å². The maximum Gasteiger partial charge on any atom is 0.189 e. The molecule has 0 amide bonds. The van der Waals surface area contributed by atoms with Crippen LogP contribution in [0.25, 0.3) is 0 Å². The third kappa shape index (κ3) is 6.40. The Morgan fingerprint density at radius 1 is 1.54 bits per heavy atom. The summed E-state index contributed by atoms with van der Waals surface area (Å²) in [6.45, 7) is 8.63. The first-order chi connectivity index (χ1) is 5.87. The predicted molar refractivity (Wildman–Crippen MR) is 55.6 cm³/mol. The summed E-state index contributed by atoms with van der Waals surface area (Å²) in [5.41, 5.74) is 5.21. The van der Waals surface area contributed by atoms with Crippen LogP contribution >= 0.6 is 0 Å². The second kappa shape index (κ2) is 5.07. The maximum atomic E-state index is 8.95. The molecule has 0 aromatic rings. The van der Waals surface area contributed by atoms with Crippen molar-refractivity contribution in [3.8, 4) is 0 Å². The molecule has 0 fully saturated rings. The van der Waals surface area contributed by atoms with Gasteiger partial charge in [0.1, 0.15) is 0 Å². The first-order valence-electron chi connectivity index (χ1n) is 4.56. The molecule has 13 heavy (non-hydrogen) atoms. The molecule has 0 saturated carbocycles. The van der Waals surface area contributed by atoms with E-state index in [1.807, 2.05) is 13.8 Å².